The van der Waals surface area contributed by atoms with Gasteiger partial charge in [0.05, 0.1) is 18.2 Å². The molecule has 0 spiro atoms. The Balaban J connectivity index is 1.38. The van der Waals surface area contributed by atoms with E-state index >= 15 is 0 Å². The average Bonchev–Trinajstić information content (AvgIpc) is 2.84. The van der Waals surface area contributed by atoms with E-state index in [-0.39, 0.29) is 18.2 Å². The van der Waals surface area contributed by atoms with E-state index in [4.69, 9.17) is 11.5 Å². The van der Waals surface area contributed by atoms with Crippen molar-refractivity contribution in [3.8, 4) is 11.3 Å². The number of hydrogen-bond donors (Lipinski definition) is 3. The molecule has 0 aliphatic carbocycles. The molecule has 2 aromatic carbocycles. The second-order valence-corrected chi connectivity index (χ2v) is 8.38. The summed E-state index contributed by atoms with van der Waals surface area (Å²) in [6.07, 6.45) is 1.92. The minimum atomic E-state index is -0.459. The summed E-state index contributed by atoms with van der Waals surface area (Å²) in [5.41, 5.74) is 15.5. The Morgan fingerprint density at radius 3 is 2.29 bits per heavy atom. The van der Waals surface area contributed by atoms with Crippen LogP contribution in [0.15, 0.2) is 60.8 Å². The predicted molar refractivity (Wildman–Crippen MR) is 133 cm³/mol. The molecule has 0 saturated carbocycles. The molecule has 2 amide bonds. The Morgan fingerprint density at radius 2 is 1.68 bits per heavy atom. The largest absolute Gasteiger partial charge is 0.369 e. The molecule has 1 aromatic heterocycles. The smallest absolute Gasteiger partial charge is 0.239 e. The lowest BCUT2D eigenvalue weighted by atomic mass is 10.1. The normalized spacial score (nSPS) is 14.5. The number of piperazine rings is 1. The lowest BCUT2D eigenvalue weighted by molar-refractivity contribution is -0.132. The zero-order valence-electron chi connectivity index (χ0n) is 19.1. The van der Waals surface area contributed by atoms with Crippen LogP contribution in [0.5, 0.6) is 0 Å². The van der Waals surface area contributed by atoms with Crippen molar-refractivity contribution in [3.63, 3.8) is 0 Å². The molecule has 2 heterocycles. The summed E-state index contributed by atoms with van der Waals surface area (Å²) in [6, 6.07) is 17.0. The van der Waals surface area contributed by atoms with Gasteiger partial charge in [-0.1, -0.05) is 24.3 Å². The average molecular weight is 460 g/mol. The third-order valence-electron chi connectivity index (χ3n) is 5.75. The predicted octanol–water partition coefficient (Wildman–Crippen LogP) is 1.91. The van der Waals surface area contributed by atoms with E-state index in [1.807, 2.05) is 59.5 Å². The first-order valence-electron chi connectivity index (χ1n) is 11.3. The fourth-order valence-corrected chi connectivity index (χ4v) is 3.93. The van der Waals surface area contributed by atoms with Crippen LogP contribution in [-0.2, 0) is 16.0 Å². The van der Waals surface area contributed by atoms with Gasteiger partial charge in [-0.3, -0.25) is 9.59 Å². The first-order chi connectivity index (χ1) is 16.4. The van der Waals surface area contributed by atoms with Crippen molar-refractivity contribution < 1.29 is 9.59 Å². The highest BCUT2D eigenvalue weighted by atomic mass is 16.2. The Bertz CT molecular complexity index is 1140. The van der Waals surface area contributed by atoms with Gasteiger partial charge >= 0.3 is 0 Å². The monoisotopic (exact) mass is 459 g/mol. The maximum atomic E-state index is 12.1. The Morgan fingerprint density at radius 1 is 1.00 bits per heavy atom. The molecule has 1 fully saturated rings. The maximum Gasteiger partial charge on any atom is 0.239 e. The zero-order chi connectivity index (χ0) is 24.1. The molecule has 34 heavy (non-hydrogen) atoms. The molecule has 1 atom stereocenters. The van der Waals surface area contributed by atoms with E-state index < -0.39 is 6.04 Å². The molecule has 3 aromatic rings. The first-order valence-corrected chi connectivity index (χ1v) is 11.3. The topological polar surface area (TPSA) is 130 Å². The molecule has 5 N–H and O–H groups in total. The summed E-state index contributed by atoms with van der Waals surface area (Å²) in [5.74, 6) is 0.142. The number of primary amides is 1. The molecule has 176 valence electrons. The van der Waals surface area contributed by atoms with Crippen molar-refractivity contribution in [2.75, 3.05) is 36.4 Å². The number of carbonyl (C=O) groups is 2. The number of rotatable bonds is 7. The molecule has 0 bridgehead atoms. The third kappa shape index (κ3) is 5.68. The second-order valence-electron chi connectivity index (χ2n) is 8.38. The molecular weight excluding hydrogens is 430 g/mol. The fraction of sp³-hybridized carbons (Fsp3) is 0.280. The van der Waals surface area contributed by atoms with Gasteiger partial charge in [0.1, 0.15) is 0 Å². The van der Waals surface area contributed by atoms with E-state index in [1.54, 1.807) is 13.1 Å². The number of nitrogens with zero attached hydrogens (tertiary/aromatic N) is 4. The maximum absolute atomic E-state index is 12.1. The van der Waals surface area contributed by atoms with Crippen molar-refractivity contribution in [2.45, 2.75) is 19.4 Å². The number of nitrogens with two attached hydrogens (primary N) is 2. The van der Waals surface area contributed by atoms with Crippen molar-refractivity contribution >= 4 is 29.1 Å². The first kappa shape index (κ1) is 23.2. The molecule has 1 aliphatic heterocycles. The van der Waals surface area contributed by atoms with E-state index in [0.717, 1.165) is 41.3 Å². The van der Waals surface area contributed by atoms with Crippen LogP contribution in [0.25, 0.3) is 11.3 Å². The zero-order valence-corrected chi connectivity index (χ0v) is 19.1. The number of hydrogen-bond acceptors (Lipinski definition) is 7. The second kappa shape index (κ2) is 10.3. The van der Waals surface area contributed by atoms with Crippen molar-refractivity contribution in [1.29, 1.82) is 0 Å². The van der Waals surface area contributed by atoms with Crippen LogP contribution in [0.2, 0.25) is 0 Å². The van der Waals surface area contributed by atoms with Crippen LogP contribution >= 0.6 is 0 Å². The van der Waals surface area contributed by atoms with Crippen LogP contribution in [-0.4, -0.2) is 58.9 Å². The van der Waals surface area contributed by atoms with Gasteiger partial charge in [-0.2, -0.15) is 0 Å². The summed E-state index contributed by atoms with van der Waals surface area (Å²) in [4.78, 5) is 36.2. The van der Waals surface area contributed by atoms with Gasteiger partial charge in [-0.25, -0.2) is 9.97 Å². The van der Waals surface area contributed by atoms with Gasteiger partial charge in [0.25, 0.3) is 0 Å². The highest BCUT2D eigenvalue weighted by molar-refractivity contribution is 5.81. The highest BCUT2D eigenvalue weighted by Gasteiger charge is 2.23. The summed E-state index contributed by atoms with van der Waals surface area (Å²) >= 11 is 0. The van der Waals surface area contributed by atoms with E-state index in [2.05, 4.69) is 20.2 Å². The quantitative estimate of drug-likeness (QED) is 0.492. The van der Waals surface area contributed by atoms with Gasteiger partial charge in [-0.05, 0) is 42.8 Å². The standard InChI is InChI=1S/C25H29N7O2/c1-17(26)24(34)32-14-12-31(13-15-32)21-8-6-20(7-9-21)29-25-28-11-10-22(30-25)19-4-2-18(3-5-19)16-23(27)33/h2-11,17H,12-16,26H2,1H3,(H2,27,33)(H,28,29,30)/t17-/m1/s1. The molecule has 0 radical (unpaired) electrons. The van der Waals surface area contributed by atoms with Gasteiger partial charge < -0.3 is 26.6 Å². The molecule has 9 nitrogen and oxygen atoms in total. The van der Waals surface area contributed by atoms with Gasteiger partial charge in [0.2, 0.25) is 17.8 Å². The molecule has 9 heteroatoms. The van der Waals surface area contributed by atoms with Crippen molar-refractivity contribution in [2.24, 2.45) is 11.5 Å². The molecule has 4 rings (SSSR count). The van der Waals surface area contributed by atoms with Gasteiger partial charge in [-0.15, -0.1) is 0 Å². The Hall–Kier alpha value is -3.98. The van der Waals surface area contributed by atoms with E-state index in [1.165, 1.54) is 0 Å². The highest BCUT2D eigenvalue weighted by Crippen LogP contribution is 2.23. The molecule has 0 unspecified atom stereocenters. The lowest BCUT2D eigenvalue weighted by Gasteiger charge is -2.36. The van der Waals surface area contributed by atoms with E-state index in [0.29, 0.717) is 19.0 Å². The lowest BCUT2D eigenvalue weighted by Crippen LogP contribution is -2.52. The molecule has 1 aliphatic rings. The van der Waals surface area contributed by atoms with Crippen LogP contribution in [0, 0.1) is 0 Å². The Kier molecular flexibility index (Phi) is 7.03. The number of aromatic nitrogens is 2. The van der Waals surface area contributed by atoms with Crippen LogP contribution < -0.4 is 21.7 Å². The van der Waals surface area contributed by atoms with Gasteiger partial charge in [0, 0.05) is 49.3 Å². The fourth-order valence-electron chi connectivity index (χ4n) is 3.93. The number of carbonyl (C=O) groups excluding carboxylic acids is 2. The van der Waals surface area contributed by atoms with Crippen LogP contribution in [0.1, 0.15) is 12.5 Å². The SMILES string of the molecule is C[C@@H](N)C(=O)N1CCN(c2ccc(Nc3nccc(-c4ccc(CC(N)=O)cc4)n3)cc2)CC1. The number of benzene rings is 2. The summed E-state index contributed by atoms with van der Waals surface area (Å²) in [6.45, 7) is 4.61. The molecular formula is C25H29N7O2. The Labute approximate surface area is 198 Å². The summed E-state index contributed by atoms with van der Waals surface area (Å²) < 4.78 is 0. The summed E-state index contributed by atoms with van der Waals surface area (Å²) in [7, 11) is 0. The van der Waals surface area contributed by atoms with E-state index in [9.17, 15) is 9.59 Å². The number of anilines is 3. The third-order valence-corrected chi connectivity index (χ3v) is 5.75. The van der Waals surface area contributed by atoms with Crippen molar-refractivity contribution in [3.05, 3.63) is 66.4 Å². The van der Waals surface area contributed by atoms with Crippen LogP contribution in [0.4, 0.5) is 17.3 Å². The van der Waals surface area contributed by atoms with Gasteiger partial charge in [0.15, 0.2) is 0 Å². The molecule has 1 saturated heterocycles. The summed E-state index contributed by atoms with van der Waals surface area (Å²) in [5, 5.41) is 3.25. The minimum absolute atomic E-state index is 0.00281. The number of nitrogens with one attached hydrogen (secondary N) is 1. The minimum Gasteiger partial charge on any atom is -0.369 e. The number of amides is 2. The van der Waals surface area contributed by atoms with Crippen molar-refractivity contribution in [1.82, 2.24) is 14.9 Å². The van der Waals surface area contributed by atoms with Crippen LogP contribution in [0.3, 0.4) is 0 Å².